The zero-order valence-corrected chi connectivity index (χ0v) is 15.5. The van der Waals surface area contributed by atoms with E-state index in [0.29, 0.717) is 19.4 Å². The average molecular weight is 433 g/mol. The van der Waals surface area contributed by atoms with Crippen LogP contribution in [0.4, 0.5) is 26.3 Å². The number of sulfonamides is 1. The molecule has 5 nitrogen and oxygen atoms in total. The highest BCUT2D eigenvalue weighted by molar-refractivity contribution is 7.90. The van der Waals surface area contributed by atoms with Crippen molar-refractivity contribution in [3.8, 4) is 0 Å². The first-order valence-electron chi connectivity index (χ1n) is 8.54. The molecule has 0 bridgehead atoms. The van der Waals surface area contributed by atoms with Crippen molar-refractivity contribution >= 4 is 10.0 Å². The Hall–Kier alpha value is -1.37. The second-order valence-corrected chi connectivity index (χ2v) is 8.47. The number of rotatable bonds is 8. The van der Waals surface area contributed by atoms with Crippen LogP contribution in [0.25, 0.3) is 0 Å². The predicted octanol–water partition coefficient (Wildman–Crippen LogP) is 2.08. The van der Waals surface area contributed by atoms with Crippen LogP contribution in [0.1, 0.15) is 18.4 Å². The quantitative estimate of drug-likeness (QED) is 0.616. The van der Waals surface area contributed by atoms with Crippen LogP contribution >= 0.6 is 0 Å². The van der Waals surface area contributed by atoms with E-state index < -0.39 is 52.0 Å². The summed E-state index contributed by atoms with van der Waals surface area (Å²) >= 11 is 0. The van der Waals surface area contributed by atoms with E-state index >= 15 is 0 Å². The van der Waals surface area contributed by atoms with Gasteiger partial charge >= 0.3 is 15.5 Å². The Bertz CT molecular complexity index is 774. The molecule has 1 aromatic rings. The summed E-state index contributed by atoms with van der Waals surface area (Å²) in [4.78, 5) is 1.51. The van der Waals surface area contributed by atoms with E-state index in [0.717, 1.165) is 18.2 Å². The second kappa shape index (κ2) is 8.97. The van der Waals surface area contributed by atoms with Crippen molar-refractivity contribution in [1.29, 1.82) is 0 Å². The van der Waals surface area contributed by atoms with E-state index in [1.165, 1.54) is 9.62 Å². The molecule has 0 radical (unpaired) electrons. The maximum absolute atomic E-state index is 14.5. The van der Waals surface area contributed by atoms with Gasteiger partial charge in [0.05, 0.1) is 0 Å². The van der Waals surface area contributed by atoms with Crippen molar-refractivity contribution in [2.24, 2.45) is 5.73 Å². The number of hydrogen-bond donors (Lipinski definition) is 2. The highest BCUT2D eigenvalue weighted by atomic mass is 32.2. The fraction of sp³-hybridized carbons (Fsp3) is 0.625. The van der Waals surface area contributed by atoms with E-state index in [1.54, 1.807) is 0 Å². The summed E-state index contributed by atoms with van der Waals surface area (Å²) in [7, 11) is -5.48. The zero-order valence-electron chi connectivity index (χ0n) is 14.7. The van der Waals surface area contributed by atoms with Crippen LogP contribution in [0.5, 0.6) is 0 Å². The number of hydrogen-bond acceptors (Lipinski definition) is 4. The lowest BCUT2D eigenvalue weighted by Crippen LogP contribution is -2.48. The summed E-state index contributed by atoms with van der Waals surface area (Å²) in [6.45, 7) is -0.404. The van der Waals surface area contributed by atoms with Gasteiger partial charge in [0.2, 0.25) is 0 Å². The van der Waals surface area contributed by atoms with Gasteiger partial charge in [0.25, 0.3) is 0 Å². The molecule has 3 unspecified atom stereocenters. The van der Waals surface area contributed by atoms with E-state index in [9.17, 15) is 34.8 Å². The molecule has 1 aliphatic heterocycles. The molecule has 1 aromatic carbocycles. The van der Waals surface area contributed by atoms with E-state index in [2.05, 4.69) is 0 Å². The molecule has 1 aliphatic rings. The summed E-state index contributed by atoms with van der Waals surface area (Å²) in [6, 6.07) is 0.979. The SMILES string of the molecule is NC(Cc1cc(F)ccc1F)C(F)CN1CCCC1CNS(=O)(=O)C(F)(F)F. The van der Waals surface area contributed by atoms with Crippen LogP contribution in [-0.2, 0) is 16.4 Å². The molecule has 1 fully saturated rings. The van der Waals surface area contributed by atoms with Crippen molar-refractivity contribution in [1.82, 2.24) is 9.62 Å². The van der Waals surface area contributed by atoms with Gasteiger partial charge in [-0.25, -0.2) is 26.3 Å². The molecule has 0 amide bonds. The lowest BCUT2D eigenvalue weighted by molar-refractivity contribution is -0.0449. The summed E-state index contributed by atoms with van der Waals surface area (Å²) in [5.41, 5.74) is 0.243. The van der Waals surface area contributed by atoms with Crippen LogP contribution in [0.2, 0.25) is 0 Å². The number of alkyl halides is 4. The Labute approximate surface area is 158 Å². The van der Waals surface area contributed by atoms with E-state index in [-0.39, 0.29) is 18.5 Å². The average Bonchev–Trinajstić information content (AvgIpc) is 3.02. The molecule has 160 valence electrons. The Balaban J connectivity index is 1.93. The fourth-order valence-electron chi connectivity index (χ4n) is 3.10. The summed E-state index contributed by atoms with van der Waals surface area (Å²) in [5.74, 6) is -1.40. The third-order valence-corrected chi connectivity index (χ3v) is 5.81. The first-order valence-corrected chi connectivity index (χ1v) is 10.0. The first-order chi connectivity index (χ1) is 12.9. The van der Waals surface area contributed by atoms with Crippen molar-refractivity contribution < 1.29 is 34.8 Å². The number of likely N-dealkylation sites (tertiary alicyclic amines) is 1. The minimum Gasteiger partial charge on any atom is -0.325 e. The van der Waals surface area contributed by atoms with Gasteiger partial charge in [0.1, 0.15) is 17.8 Å². The molecule has 0 aromatic heterocycles. The lowest BCUT2D eigenvalue weighted by Gasteiger charge is -2.28. The van der Waals surface area contributed by atoms with Crippen LogP contribution < -0.4 is 10.5 Å². The molecule has 2 rings (SSSR count). The molecule has 3 atom stereocenters. The normalized spacial score (nSPS) is 21.0. The van der Waals surface area contributed by atoms with Gasteiger partial charge in [-0.05, 0) is 49.6 Å². The standard InChI is InChI=1S/C16H21F6N3O2S/c17-11-3-4-13(18)10(6-11)7-15(23)14(19)9-25-5-1-2-12(25)8-24-28(26,27)16(20,21)22/h3-4,6,12,14-15,24H,1-2,5,7-9,23H2. The van der Waals surface area contributed by atoms with Crippen molar-refractivity contribution in [3.05, 3.63) is 35.4 Å². The van der Waals surface area contributed by atoms with E-state index in [4.69, 9.17) is 5.73 Å². The van der Waals surface area contributed by atoms with Gasteiger partial charge in [-0.3, -0.25) is 4.90 Å². The Kier molecular flexibility index (Phi) is 7.34. The minimum atomic E-state index is -5.48. The molecule has 0 saturated carbocycles. The lowest BCUT2D eigenvalue weighted by atomic mass is 10.0. The summed E-state index contributed by atoms with van der Waals surface area (Å²) in [5, 5.41) is 0. The van der Waals surface area contributed by atoms with Gasteiger partial charge in [0, 0.05) is 25.2 Å². The van der Waals surface area contributed by atoms with E-state index in [1.807, 2.05) is 0 Å². The van der Waals surface area contributed by atoms with Gasteiger partial charge in [-0.15, -0.1) is 0 Å². The molecule has 0 spiro atoms. The Morgan fingerprint density at radius 2 is 1.96 bits per heavy atom. The third kappa shape index (κ3) is 5.82. The molecular weight excluding hydrogens is 412 g/mol. The Morgan fingerprint density at radius 3 is 2.61 bits per heavy atom. The predicted molar refractivity (Wildman–Crippen MR) is 90.5 cm³/mol. The number of nitrogens with two attached hydrogens (primary N) is 1. The minimum absolute atomic E-state index is 0.0777. The van der Waals surface area contributed by atoms with Gasteiger partial charge < -0.3 is 5.73 Å². The zero-order chi connectivity index (χ0) is 21.1. The van der Waals surface area contributed by atoms with Crippen LogP contribution in [-0.4, -0.2) is 56.7 Å². The monoisotopic (exact) mass is 433 g/mol. The highest BCUT2D eigenvalue weighted by Crippen LogP contribution is 2.23. The highest BCUT2D eigenvalue weighted by Gasteiger charge is 2.46. The molecule has 1 heterocycles. The van der Waals surface area contributed by atoms with Crippen molar-refractivity contribution in [3.63, 3.8) is 0 Å². The molecule has 12 heteroatoms. The number of nitrogens with zero attached hydrogens (tertiary/aromatic N) is 1. The molecule has 0 aliphatic carbocycles. The molecular formula is C16H21F6N3O2S. The van der Waals surface area contributed by atoms with Gasteiger partial charge in [-0.2, -0.15) is 13.2 Å². The summed E-state index contributed by atoms with van der Waals surface area (Å²) in [6.07, 6.45) is -0.980. The smallest absolute Gasteiger partial charge is 0.325 e. The van der Waals surface area contributed by atoms with Crippen LogP contribution in [0, 0.1) is 11.6 Å². The Morgan fingerprint density at radius 1 is 1.29 bits per heavy atom. The number of halogens is 6. The van der Waals surface area contributed by atoms with Gasteiger partial charge in [0.15, 0.2) is 0 Å². The number of nitrogens with one attached hydrogen (secondary N) is 1. The maximum Gasteiger partial charge on any atom is 0.511 e. The van der Waals surface area contributed by atoms with Crippen LogP contribution in [0.15, 0.2) is 18.2 Å². The van der Waals surface area contributed by atoms with Crippen LogP contribution in [0.3, 0.4) is 0 Å². The van der Waals surface area contributed by atoms with Crippen molar-refractivity contribution in [2.45, 2.75) is 43.0 Å². The fourth-order valence-corrected chi connectivity index (χ4v) is 3.67. The maximum atomic E-state index is 14.5. The topological polar surface area (TPSA) is 75.4 Å². The first kappa shape index (κ1) is 22.9. The molecule has 28 heavy (non-hydrogen) atoms. The molecule has 3 N–H and O–H groups in total. The second-order valence-electron chi connectivity index (χ2n) is 6.71. The third-order valence-electron chi connectivity index (χ3n) is 4.65. The van der Waals surface area contributed by atoms with Gasteiger partial charge in [-0.1, -0.05) is 0 Å². The largest absolute Gasteiger partial charge is 0.511 e. The molecule has 1 saturated heterocycles. The summed E-state index contributed by atoms with van der Waals surface area (Å²) < 4.78 is 102. The van der Waals surface area contributed by atoms with Crippen molar-refractivity contribution in [2.75, 3.05) is 19.6 Å². The number of benzene rings is 1.